The van der Waals surface area contributed by atoms with Crippen molar-refractivity contribution in [1.82, 2.24) is 14.3 Å². The van der Waals surface area contributed by atoms with Gasteiger partial charge in [0.25, 0.3) is 0 Å². The Morgan fingerprint density at radius 3 is 2.24 bits per heavy atom. The Bertz CT molecular complexity index is 828. The number of sulfonamides is 1. The molecule has 7 nitrogen and oxygen atoms in total. The fraction of sp³-hybridized carbons (Fsp3) is 0.412. The van der Waals surface area contributed by atoms with Gasteiger partial charge in [-0.2, -0.15) is 9.29 Å². The lowest BCUT2D eigenvalue weighted by molar-refractivity contribution is 0.382. The van der Waals surface area contributed by atoms with Crippen molar-refractivity contribution in [3.05, 3.63) is 42.1 Å². The Morgan fingerprint density at radius 2 is 1.64 bits per heavy atom. The SMILES string of the molecule is Cc1ccc(S(=O)(=O)N2CCN(c3nccc(N(C)C)n3)CC2)cc1. The van der Waals surface area contributed by atoms with E-state index in [1.807, 2.05) is 49.0 Å². The third-order valence-corrected chi connectivity index (χ3v) is 6.18. The van der Waals surface area contributed by atoms with Crippen molar-refractivity contribution < 1.29 is 8.42 Å². The molecule has 2 aromatic rings. The Kier molecular flexibility index (Phi) is 4.91. The molecule has 0 bridgehead atoms. The van der Waals surface area contributed by atoms with Crippen molar-refractivity contribution in [2.45, 2.75) is 11.8 Å². The summed E-state index contributed by atoms with van der Waals surface area (Å²) >= 11 is 0. The highest BCUT2D eigenvalue weighted by atomic mass is 32.2. The standard InChI is InChI=1S/C17H23N5O2S/c1-14-4-6-15(7-5-14)25(23,24)22-12-10-21(11-13-22)17-18-9-8-16(19-17)20(2)3/h4-9H,10-13H2,1-3H3. The lowest BCUT2D eigenvalue weighted by Gasteiger charge is -2.34. The van der Waals surface area contributed by atoms with E-state index in [0.717, 1.165) is 11.4 Å². The van der Waals surface area contributed by atoms with Crippen LogP contribution in [0.15, 0.2) is 41.4 Å². The van der Waals surface area contributed by atoms with Crippen LogP contribution in [0.2, 0.25) is 0 Å². The second kappa shape index (κ2) is 6.97. The molecule has 25 heavy (non-hydrogen) atoms. The highest BCUT2D eigenvalue weighted by Crippen LogP contribution is 2.20. The quantitative estimate of drug-likeness (QED) is 0.819. The molecule has 1 aromatic carbocycles. The van der Waals surface area contributed by atoms with Gasteiger partial charge in [-0.05, 0) is 25.1 Å². The minimum absolute atomic E-state index is 0.345. The zero-order valence-electron chi connectivity index (χ0n) is 14.8. The normalized spacial score (nSPS) is 16.0. The summed E-state index contributed by atoms with van der Waals surface area (Å²) in [6, 6.07) is 8.83. The van der Waals surface area contributed by atoms with Gasteiger partial charge in [-0.15, -0.1) is 0 Å². The molecule has 2 heterocycles. The van der Waals surface area contributed by atoms with Crippen LogP contribution in [0.5, 0.6) is 0 Å². The minimum atomic E-state index is -3.45. The van der Waals surface area contributed by atoms with E-state index in [1.54, 1.807) is 18.3 Å². The van der Waals surface area contributed by atoms with Crippen LogP contribution in [0, 0.1) is 6.92 Å². The van der Waals surface area contributed by atoms with Gasteiger partial charge in [-0.25, -0.2) is 13.4 Å². The maximum absolute atomic E-state index is 12.8. The van der Waals surface area contributed by atoms with Gasteiger partial charge < -0.3 is 9.80 Å². The number of benzene rings is 1. The molecule has 1 aliphatic rings. The van der Waals surface area contributed by atoms with Gasteiger partial charge in [0.1, 0.15) is 5.82 Å². The van der Waals surface area contributed by atoms with E-state index >= 15 is 0 Å². The lowest BCUT2D eigenvalue weighted by Crippen LogP contribution is -2.49. The molecule has 1 aromatic heterocycles. The van der Waals surface area contributed by atoms with E-state index in [9.17, 15) is 8.42 Å². The van der Waals surface area contributed by atoms with Gasteiger partial charge in [0.15, 0.2) is 0 Å². The van der Waals surface area contributed by atoms with Gasteiger partial charge in [0.05, 0.1) is 4.90 Å². The molecule has 0 N–H and O–H groups in total. The monoisotopic (exact) mass is 361 g/mol. The molecule has 0 atom stereocenters. The summed E-state index contributed by atoms with van der Waals surface area (Å²) in [7, 11) is 0.409. The van der Waals surface area contributed by atoms with Crippen molar-refractivity contribution in [2.75, 3.05) is 50.1 Å². The Balaban J connectivity index is 1.71. The van der Waals surface area contributed by atoms with E-state index in [2.05, 4.69) is 9.97 Å². The average Bonchev–Trinajstić information content (AvgIpc) is 2.62. The first kappa shape index (κ1) is 17.6. The molecule has 1 aliphatic heterocycles. The molecule has 0 aliphatic carbocycles. The Hall–Kier alpha value is -2.19. The fourth-order valence-electron chi connectivity index (χ4n) is 2.73. The summed E-state index contributed by atoms with van der Waals surface area (Å²) in [5, 5.41) is 0. The number of piperazine rings is 1. The first-order chi connectivity index (χ1) is 11.9. The smallest absolute Gasteiger partial charge is 0.243 e. The van der Waals surface area contributed by atoms with Crippen LogP contribution in [0.3, 0.4) is 0 Å². The average molecular weight is 361 g/mol. The molecule has 8 heteroatoms. The van der Waals surface area contributed by atoms with E-state index in [0.29, 0.717) is 37.0 Å². The zero-order chi connectivity index (χ0) is 18.0. The molecule has 0 radical (unpaired) electrons. The molecular weight excluding hydrogens is 338 g/mol. The van der Waals surface area contributed by atoms with Crippen LogP contribution in [0.4, 0.5) is 11.8 Å². The zero-order valence-corrected chi connectivity index (χ0v) is 15.6. The third-order valence-electron chi connectivity index (χ3n) is 4.27. The molecule has 1 saturated heterocycles. The van der Waals surface area contributed by atoms with Crippen molar-refractivity contribution in [3.63, 3.8) is 0 Å². The molecule has 0 saturated carbocycles. The summed E-state index contributed by atoms with van der Waals surface area (Å²) in [5.74, 6) is 1.47. The number of aryl methyl sites for hydroxylation is 1. The maximum Gasteiger partial charge on any atom is 0.243 e. The molecule has 1 fully saturated rings. The molecule has 0 unspecified atom stereocenters. The summed E-state index contributed by atoms with van der Waals surface area (Å²) < 4.78 is 27.0. The number of aromatic nitrogens is 2. The Morgan fingerprint density at radius 1 is 1.00 bits per heavy atom. The van der Waals surface area contributed by atoms with Crippen LogP contribution in [0.1, 0.15) is 5.56 Å². The van der Waals surface area contributed by atoms with Crippen LogP contribution < -0.4 is 9.80 Å². The fourth-order valence-corrected chi connectivity index (χ4v) is 4.15. The van der Waals surface area contributed by atoms with E-state index < -0.39 is 10.0 Å². The van der Waals surface area contributed by atoms with Gasteiger partial charge in [0, 0.05) is 46.5 Å². The minimum Gasteiger partial charge on any atom is -0.363 e. The first-order valence-electron chi connectivity index (χ1n) is 8.20. The van der Waals surface area contributed by atoms with Crippen molar-refractivity contribution in [1.29, 1.82) is 0 Å². The molecule has 3 rings (SSSR count). The van der Waals surface area contributed by atoms with Crippen molar-refractivity contribution in [2.24, 2.45) is 0 Å². The predicted octanol–water partition coefficient (Wildman–Crippen LogP) is 1.36. The molecule has 0 spiro atoms. The highest BCUT2D eigenvalue weighted by Gasteiger charge is 2.29. The van der Waals surface area contributed by atoms with Gasteiger partial charge in [0.2, 0.25) is 16.0 Å². The lowest BCUT2D eigenvalue weighted by atomic mass is 10.2. The number of anilines is 2. The van der Waals surface area contributed by atoms with E-state index in [-0.39, 0.29) is 0 Å². The van der Waals surface area contributed by atoms with E-state index in [4.69, 9.17) is 0 Å². The highest BCUT2D eigenvalue weighted by molar-refractivity contribution is 7.89. The first-order valence-corrected chi connectivity index (χ1v) is 9.64. The second-order valence-corrected chi connectivity index (χ2v) is 8.25. The van der Waals surface area contributed by atoms with Crippen molar-refractivity contribution >= 4 is 21.8 Å². The molecule has 0 amide bonds. The molecular formula is C17H23N5O2S. The van der Waals surface area contributed by atoms with Crippen LogP contribution in [-0.2, 0) is 10.0 Å². The topological polar surface area (TPSA) is 69.6 Å². The maximum atomic E-state index is 12.8. The van der Waals surface area contributed by atoms with E-state index in [1.165, 1.54) is 4.31 Å². The molecule has 134 valence electrons. The number of hydrogen-bond donors (Lipinski definition) is 0. The number of hydrogen-bond acceptors (Lipinski definition) is 6. The second-order valence-electron chi connectivity index (χ2n) is 6.31. The summed E-state index contributed by atoms with van der Waals surface area (Å²) in [6.45, 7) is 3.93. The van der Waals surface area contributed by atoms with Crippen LogP contribution in [-0.4, -0.2) is 63.0 Å². The summed E-state index contributed by atoms with van der Waals surface area (Å²) in [6.07, 6.45) is 1.73. The third kappa shape index (κ3) is 3.74. The number of rotatable bonds is 4. The van der Waals surface area contributed by atoms with Crippen LogP contribution >= 0.6 is 0 Å². The van der Waals surface area contributed by atoms with Crippen LogP contribution in [0.25, 0.3) is 0 Å². The summed E-state index contributed by atoms with van der Waals surface area (Å²) in [5.41, 5.74) is 1.04. The predicted molar refractivity (Wildman–Crippen MR) is 98.5 cm³/mol. The van der Waals surface area contributed by atoms with Crippen molar-refractivity contribution in [3.8, 4) is 0 Å². The Labute approximate surface area is 149 Å². The number of nitrogens with zero attached hydrogens (tertiary/aromatic N) is 5. The van der Waals surface area contributed by atoms with Gasteiger partial charge in [-0.1, -0.05) is 17.7 Å². The van der Waals surface area contributed by atoms with Gasteiger partial charge >= 0.3 is 0 Å². The van der Waals surface area contributed by atoms with Gasteiger partial charge in [-0.3, -0.25) is 0 Å². The summed E-state index contributed by atoms with van der Waals surface area (Å²) in [4.78, 5) is 13.1. The largest absolute Gasteiger partial charge is 0.363 e.